The molecule has 2 aromatic heterocycles. The van der Waals surface area contributed by atoms with Crippen LogP contribution in [0.3, 0.4) is 0 Å². The van der Waals surface area contributed by atoms with Crippen molar-refractivity contribution >= 4 is 27.1 Å². The summed E-state index contributed by atoms with van der Waals surface area (Å²) < 4.78 is 52.7. The molecule has 1 amide bonds. The molecular weight excluding hydrogens is 490 g/mol. The van der Waals surface area contributed by atoms with Crippen LogP contribution in [0.5, 0.6) is 0 Å². The summed E-state index contributed by atoms with van der Waals surface area (Å²) in [6, 6.07) is 13.9. The molecule has 4 aromatic rings. The summed E-state index contributed by atoms with van der Waals surface area (Å²) in [6.45, 7) is 0.710. The number of halogens is 2. The lowest BCUT2D eigenvalue weighted by Crippen LogP contribution is -2.34. The summed E-state index contributed by atoms with van der Waals surface area (Å²) in [5.74, 6) is -2.41. The molecule has 3 heterocycles. The second kappa shape index (κ2) is 8.98. The van der Waals surface area contributed by atoms with Crippen molar-refractivity contribution in [3.8, 4) is 20.9 Å². The van der Waals surface area contributed by atoms with Crippen LogP contribution in [0.4, 0.5) is 8.78 Å². The Morgan fingerprint density at radius 1 is 0.971 bits per heavy atom. The Labute approximate surface area is 205 Å². The lowest BCUT2D eigenvalue weighted by Gasteiger charge is -2.25. The van der Waals surface area contributed by atoms with E-state index >= 15 is 0 Å². The Bertz CT molecular complexity index is 1560. The molecule has 0 N–H and O–H groups in total. The number of amides is 1. The van der Waals surface area contributed by atoms with Gasteiger partial charge in [0.05, 0.1) is 5.75 Å². The van der Waals surface area contributed by atoms with Crippen molar-refractivity contribution in [3.63, 3.8) is 0 Å². The molecule has 0 atom stereocenters. The van der Waals surface area contributed by atoms with Crippen LogP contribution in [0.25, 0.3) is 20.9 Å². The number of pyridine rings is 1. The quantitative estimate of drug-likeness (QED) is 0.339. The largest absolute Gasteiger partial charge is 0.341 e. The van der Waals surface area contributed by atoms with Crippen LogP contribution >= 0.6 is 11.3 Å². The van der Waals surface area contributed by atoms with E-state index in [2.05, 4.69) is 4.98 Å². The third-order valence-corrected chi connectivity index (χ3v) is 8.86. The Balaban J connectivity index is 1.41. The lowest BCUT2D eigenvalue weighted by atomic mass is 9.96. The molecule has 5 nitrogen and oxygen atoms in total. The Morgan fingerprint density at radius 3 is 2.51 bits per heavy atom. The highest BCUT2D eigenvalue weighted by molar-refractivity contribution is 7.90. The van der Waals surface area contributed by atoms with Crippen LogP contribution in [-0.2, 0) is 22.0 Å². The summed E-state index contributed by atoms with van der Waals surface area (Å²) in [7, 11) is -2.23. The van der Waals surface area contributed by atoms with Crippen molar-refractivity contribution in [1.82, 2.24) is 9.88 Å². The maximum absolute atomic E-state index is 14.1. The molecular formula is C26H20F2N2O3S2. The molecule has 0 saturated heterocycles. The zero-order valence-electron chi connectivity index (χ0n) is 18.7. The van der Waals surface area contributed by atoms with Gasteiger partial charge in [0.2, 0.25) is 0 Å². The van der Waals surface area contributed by atoms with Crippen LogP contribution < -0.4 is 0 Å². The number of rotatable bonds is 5. The third kappa shape index (κ3) is 4.61. The van der Waals surface area contributed by atoms with Gasteiger partial charge in [0.1, 0.15) is 16.5 Å². The zero-order chi connectivity index (χ0) is 24.7. The van der Waals surface area contributed by atoms with Crippen molar-refractivity contribution in [2.45, 2.75) is 17.1 Å². The lowest BCUT2D eigenvalue weighted by molar-refractivity contribution is 0.0781. The van der Waals surface area contributed by atoms with E-state index in [0.29, 0.717) is 23.7 Å². The van der Waals surface area contributed by atoms with Gasteiger partial charge < -0.3 is 4.90 Å². The first-order valence-electron chi connectivity index (χ1n) is 10.8. The fraction of sp³-hybridized carbons (Fsp3) is 0.154. The molecule has 0 unspecified atom stereocenters. The highest BCUT2D eigenvalue weighted by Crippen LogP contribution is 2.36. The van der Waals surface area contributed by atoms with Crippen molar-refractivity contribution in [2.24, 2.45) is 0 Å². The highest BCUT2D eigenvalue weighted by atomic mass is 32.2. The monoisotopic (exact) mass is 510 g/mol. The minimum absolute atomic E-state index is 0.0144. The van der Waals surface area contributed by atoms with Crippen molar-refractivity contribution in [3.05, 3.63) is 95.3 Å². The molecule has 178 valence electrons. The van der Waals surface area contributed by atoms with Crippen LogP contribution in [-0.4, -0.2) is 37.8 Å². The molecule has 1 aliphatic heterocycles. The standard InChI is InChI=1S/C26H20F2N2O3S2/c1-30-9-8-17-2-3-18(11-21(17)26(30)31)23-5-6-24(34-23)19-10-16(13-29-14-19)15-35(32,33)25-7-4-20(27)12-22(25)28/h2-7,10-14H,8-9,15H2,1H3. The average Bonchev–Trinajstić information content (AvgIpc) is 3.31. The Hall–Kier alpha value is -3.43. The number of thiophene rings is 1. The van der Waals surface area contributed by atoms with Gasteiger partial charge in [-0.15, -0.1) is 11.3 Å². The molecule has 0 aliphatic carbocycles. The van der Waals surface area contributed by atoms with Gasteiger partial charge in [0, 0.05) is 52.9 Å². The van der Waals surface area contributed by atoms with Gasteiger partial charge >= 0.3 is 0 Å². The molecule has 1 aliphatic rings. The molecule has 0 spiro atoms. The summed E-state index contributed by atoms with van der Waals surface area (Å²) in [5.41, 5.74) is 3.81. The fourth-order valence-electron chi connectivity index (χ4n) is 4.12. The van der Waals surface area contributed by atoms with Crippen LogP contribution in [0.15, 0.2) is 71.9 Å². The average molecular weight is 511 g/mol. The number of aromatic nitrogens is 1. The normalized spacial score (nSPS) is 13.7. The van der Waals surface area contributed by atoms with E-state index in [-0.39, 0.29) is 5.91 Å². The number of hydrogen-bond donors (Lipinski definition) is 0. The van der Waals surface area contributed by atoms with Crippen molar-refractivity contribution in [2.75, 3.05) is 13.6 Å². The predicted octanol–water partition coefficient (Wildman–Crippen LogP) is 5.36. The third-order valence-electron chi connectivity index (χ3n) is 5.96. The first-order chi connectivity index (χ1) is 16.7. The summed E-state index contributed by atoms with van der Waals surface area (Å²) in [6.07, 6.45) is 3.88. The second-order valence-corrected chi connectivity index (χ2v) is 11.5. The number of fused-ring (bicyclic) bond motifs is 1. The van der Waals surface area contributed by atoms with Gasteiger partial charge in [-0.05, 0) is 59.5 Å². The Morgan fingerprint density at radius 2 is 1.74 bits per heavy atom. The van der Waals surface area contributed by atoms with Gasteiger partial charge in [-0.2, -0.15) is 0 Å². The number of likely N-dealkylation sites (N-methyl/N-ethyl adjacent to an activating group) is 1. The van der Waals surface area contributed by atoms with E-state index in [0.717, 1.165) is 45.0 Å². The van der Waals surface area contributed by atoms with E-state index in [1.165, 1.54) is 17.5 Å². The van der Waals surface area contributed by atoms with Gasteiger partial charge in [0.15, 0.2) is 9.84 Å². The number of carbonyl (C=O) groups is 1. The van der Waals surface area contributed by atoms with E-state index in [1.807, 2.05) is 30.3 Å². The number of carbonyl (C=O) groups excluding carboxylic acids is 1. The minimum atomic E-state index is -4.03. The van der Waals surface area contributed by atoms with E-state index in [4.69, 9.17) is 0 Å². The Kier molecular flexibility index (Phi) is 5.98. The number of sulfone groups is 1. The minimum Gasteiger partial charge on any atom is -0.341 e. The van der Waals surface area contributed by atoms with Gasteiger partial charge in [-0.3, -0.25) is 9.78 Å². The molecule has 0 saturated carbocycles. The number of benzene rings is 2. The molecule has 0 radical (unpaired) electrons. The second-order valence-electron chi connectivity index (χ2n) is 8.43. The van der Waals surface area contributed by atoms with Gasteiger partial charge in [-0.25, -0.2) is 17.2 Å². The first kappa shape index (κ1) is 23.3. The summed E-state index contributed by atoms with van der Waals surface area (Å²) >= 11 is 1.50. The molecule has 35 heavy (non-hydrogen) atoms. The van der Waals surface area contributed by atoms with E-state index in [9.17, 15) is 22.0 Å². The fourth-order valence-corrected chi connectivity index (χ4v) is 6.48. The smallest absolute Gasteiger partial charge is 0.253 e. The number of hydrogen-bond acceptors (Lipinski definition) is 5. The molecule has 9 heteroatoms. The first-order valence-corrected chi connectivity index (χ1v) is 13.3. The molecule has 5 rings (SSSR count). The van der Waals surface area contributed by atoms with Gasteiger partial charge in [-0.1, -0.05) is 12.1 Å². The topological polar surface area (TPSA) is 67.3 Å². The van der Waals surface area contributed by atoms with Crippen LogP contribution in [0.1, 0.15) is 21.5 Å². The molecule has 0 fully saturated rings. The predicted molar refractivity (Wildman–Crippen MR) is 131 cm³/mol. The number of nitrogens with zero attached hydrogens (tertiary/aromatic N) is 2. The SMILES string of the molecule is CN1CCc2ccc(-c3ccc(-c4cncc(CS(=O)(=O)c5ccc(F)cc5F)c4)s3)cc2C1=O. The maximum Gasteiger partial charge on any atom is 0.253 e. The summed E-state index contributed by atoms with van der Waals surface area (Å²) in [4.78, 5) is 19.7. The van der Waals surface area contributed by atoms with Crippen molar-refractivity contribution in [1.29, 1.82) is 0 Å². The molecule has 2 aromatic carbocycles. The highest BCUT2D eigenvalue weighted by Gasteiger charge is 2.23. The van der Waals surface area contributed by atoms with Crippen LogP contribution in [0, 0.1) is 11.6 Å². The van der Waals surface area contributed by atoms with Gasteiger partial charge in [0.25, 0.3) is 5.91 Å². The zero-order valence-corrected chi connectivity index (χ0v) is 20.3. The van der Waals surface area contributed by atoms with Crippen molar-refractivity contribution < 1.29 is 22.0 Å². The van der Waals surface area contributed by atoms with E-state index in [1.54, 1.807) is 24.2 Å². The maximum atomic E-state index is 14.1. The molecule has 0 bridgehead atoms. The summed E-state index contributed by atoms with van der Waals surface area (Å²) in [5, 5.41) is 0. The van der Waals surface area contributed by atoms with Crippen LogP contribution in [0.2, 0.25) is 0 Å². The van der Waals surface area contributed by atoms with E-state index < -0.39 is 32.1 Å².